The maximum Gasteiger partial charge on any atom is 0.245 e. The predicted molar refractivity (Wildman–Crippen MR) is 108 cm³/mol. The molecule has 0 saturated carbocycles. The van der Waals surface area contributed by atoms with E-state index >= 15 is 0 Å². The van der Waals surface area contributed by atoms with Crippen molar-refractivity contribution in [1.29, 1.82) is 0 Å². The van der Waals surface area contributed by atoms with Crippen LogP contribution in [0.15, 0.2) is 42.5 Å². The van der Waals surface area contributed by atoms with Crippen LogP contribution in [0.4, 0.5) is 5.13 Å². The number of nitrogens with one attached hydrogen (secondary N) is 2. The van der Waals surface area contributed by atoms with Gasteiger partial charge < -0.3 is 5.32 Å². The summed E-state index contributed by atoms with van der Waals surface area (Å²) in [5.74, 6) is -0.521. The van der Waals surface area contributed by atoms with E-state index in [-0.39, 0.29) is 30.2 Å². The topological polar surface area (TPSA) is 84.0 Å². The maximum atomic E-state index is 12.2. The Bertz CT molecular complexity index is 970. The third-order valence-electron chi connectivity index (χ3n) is 3.99. The van der Waals surface area contributed by atoms with Crippen molar-refractivity contribution in [3.8, 4) is 0 Å². The van der Waals surface area contributed by atoms with Gasteiger partial charge in [-0.2, -0.15) is 0 Å². The molecule has 2 N–H and O–H groups in total. The molecule has 3 rings (SSSR count). The van der Waals surface area contributed by atoms with Crippen molar-refractivity contribution in [2.45, 2.75) is 32.6 Å². The number of hydrogen-bond donors (Lipinski definition) is 2. The van der Waals surface area contributed by atoms with E-state index in [4.69, 9.17) is 0 Å². The summed E-state index contributed by atoms with van der Waals surface area (Å²) in [6.45, 7) is 6.00. The second kappa shape index (κ2) is 7.84. The Morgan fingerprint density at radius 1 is 1.00 bits per heavy atom. The molecule has 0 radical (unpaired) electrons. The highest BCUT2D eigenvalue weighted by molar-refractivity contribution is 7.15. The van der Waals surface area contributed by atoms with Crippen molar-refractivity contribution in [2.75, 3.05) is 11.9 Å². The molecule has 0 atom stereocenters. The van der Waals surface area contributed by atoms with Crippen LogP contribution >= 0.6 is 11.3 Å². The lowest BCUT2D eigenvalue weighted by atomic mass is 9.98. The molecule has 2 aromatic carbocycles. The van der Waals surface area contributed by atoms with Gasteiger partial charge in [0.15, 0.2) is 0 Å². The van der Waals surface area contributed by atoms with Crippen LogP contribution in [0, 0.1) is 0 Å². The van der Waals surface area contributed by atoms with E-state index in [9.17, 15) is 9.59 Å². The number of benzene rings is 2. The average molecular weight is 382 g/mol. The molecule has 0 saturated heterocycles. The summed E-state index contributed by atoms with van der Waals surface area (Å²) in [5.41, 5.74) is 0.817. The van der Waals surface area contributed by atoms with E-state index in [1.54, 1.807) is 0 Å². The Hall–Kier alpha value is -2.80. The van der Waals surface area contributed by atoms with E-state index in [1.807, 2.05) is 63.2 Å². The van der Waals surface area contributed by atoms with E-state index in [1.165, 1.54) is 11.3 Å². The van der Waals surface area contributed by atoms with Gasteiger partial charge >= 0.3 is 0 Å². The summed E-state index contributed by atoms with van der Waals surface area (Å²) >= 11 is 1.34. The molecule has 2 amide bonds. The van der Waals surface area contributed by atoms with Crippen LogP contribution in [0.3, 0.4) is 0 Å². The van der Waals surface area contributed by atoms with Gasteiger partial charge in [-0.3, -0.25) is 14.9 Å². The normalized spacial score (nSPS) is 11.4. The first-order valence-corrected chi connectivity index (χ1v) is 9.52. The highest BCUT2D eigenvalue weighted by atomic mass is 32.1. The van der Waals surface area contributed by atoms with Crippen LogP contribution in [-0.4, -0.2) is 28.6 Å². The third kappa shape index (κ3) is 4.89. The third-order valence-corrected chi connectivity index (χ3v) is 5.25. The lowest BCUT2D eigenvalue weighted by Gasteiger charge is -2.12. The number of aromatic nitrogens is 2. The highest BCUT2D eigenvalue weighted by Gasteiger charge is 2.20. The Morgan fingerprint density at radius 3 is 2.48 bits per heavy atom. The molecule has 6 nitrogen and oxygen atoms in total. The summed E-state index contributed by atoms with van der Waals surface area (Å²) in [4.78, 5) is 24.3. The number of carbonyl (C=O) groups excluding carboxylic acids is 2. The van der Waals surface area contributed by atoms with Crippen molar-refractivity contribution in [3.05, 3.63) is 53.0 Å². The van der Waals surface area contributed by atoms with Gasteiger partial charge in [0.1, 0.15) is 5.01 Å². The molecule has 0 spiro atoms. The smallest absolute Gasteiger partial charge is 0.245 e. The van der Waals surface area contributed by atoms with Crippen molar-refractivity contribution >= 4 is 39.1 Å². The first kappa shape index (κ1) is 19.0. The maximum absolute atomic E-state index is 12.2. The molecule has 140 valence electrons. The zero-order valence-corrected chi connectivity index (χ0v) is 16.4. The van der Waals surface area contributed by atoms with E-state index in [0.717, 1.165) is 21.3 Å². The van der Waals surface area contributed by atoms with Crippen molar-refractivity contribution in [2.24, 2.45) is 0 Å². The Morgan fingerprint density at radius 2 is 1.74 bits per heavy atom. The van der Waals surface area contributed by atoms with Crippen molar-refractivity contribution < 1.29 is 9.59 Å². The Kier molecular flexibility index (Phi) is 5.51. The quantitative estimate of drug-likeness (QED) is 0.709. The molecule has 7 heteroatoms. The van der Waals surface area contributed by atoms with E-state index in [0.29, 0.717) is 5.13 Å². The van der Waals surface area contributed by atoms with Gasteiger partial charge in [-0.25, -0.2) is 0 Å². The first-order chi connectivity index (χ1) is 12.8. The summed E-state index contributed by atoms with van der Waals surface area (Å²) in [6, 6.07) is 13.8. The molecule has 3 aromatic rings. The van der Waals surface area contributed by atoms with Crippen molar-refractivity contribution in [3.63, 3.8) is 0 Å². The molecule has 0 unspecified atom stereocenters. The highest BCUT2D eigenvalue weighted by Crippen LogP contribution is 2.27. The predicted octanol–water partition coefficient (Wildman–Crippen LogP) is 3.29. The summed E-state index contributed by atoms with van der Waals surface area (Å²) in [6.07, 6.45) is 0.224. The second-order valence-corrected chi connectivity index (χ2v) is 8.28. The number of carbonyl (C=O) groups is 2. The van der Waals surface area contributed by atoms with E-state index in [2.05, 4.69) is 20.8 Å². The fourth-order valence-corrected chi connectivity index (χ4v) is 3.42. The standard InChI is InChI=1S/C20H22N4O2S/c1-20(2,3)18-23-24-19(27-18)22-17(26)12-21-16(25)11-14-9-6-8-13-7-4-5-10-15(13)14/h4-10H,11-12H2,1-3H3,(H,21,25)(H,22,24,26). The lowest BCUT2D eigenvalue weighted by Crippen LogP contribution is -2.33. The van der Waals surface area contributed by atoms with Crippen LogP contribution < -0.4 is 10.6 Å². The number of amides is 2. The van der Waals surface area contributed by atoms with Gasteiger partial charge in [0, 0.05) is 5.41 Å². The molecule has 0 aliphatic rings. The fourth-order valence-electron chi connectivity index (χ4n) is 2.60. The van der Waals surface area contributed by atoms with Crippen LogP contribution in [0.5, 0.6) is 0 Å². The zero-order chi connectivity index (χ0) is 19.4. The summed E-state index contributed by atoms with van der Waals surface area (Å²) < 4.78 is 0. The Balaban J connectivity index is 1.54. The summed E-state index contributed by atoms with van der Waals surface area (Å²) in [7, 11) is 0. The second-order valence-electron chi connectivity index (χ2n) is 7.30. The van der Waals surface area contributed by atoms with Crippen LogP contribution in [-0.2, 0) is 21.4 Å². The molecule has 1 aromatic heterocycles. The molecule has 27 heavy (non-hydrogen) atoms. The number of hydrogen-bond acceptors (Lipinski definition) is 5. The number of rotatable bonds is 5. The molecule has 0 bridgehead atoms. The van der Waals surface area contributed by atoms with Gasteiger partial charge in [0.2, 0.25) is 16.9 Å². The molecular weight excluding hydrogens is 360 g/mol. The molecular formula is C20H22N4O2S. The van der Waals surface area contributed by atoms with Gasteiger partial charge in [0.05, 0.1) is 13.0 Å². The fraction of sp³-hybridized carbons (Fsp3) is 0.300. The minimum absolute atomic E-state index is 0.103. The lowest BCUT2D eigenvalue weighted by molar-refractivity contribution is -0.123. The van der Waals surface area contributed by atoms with Crippen LogP contribution in [0.1, 0.15) is 31.3 Å². The zero-order valence-electron chi connectivity index (χ0n) is 15.6. The summed E-state index contributed by atoms with van der Waals surface area (Å²) in [5, 5.41) is 16.8. The van der Waals surface area contributed by atoms with Crippen molar-refractivity contribution in [1.82, 2.24) is 15.5 Å². The minimum Gasteiger partial charge on any atom is -0.347 e. The number of anilines is 1. The van der Waals surface area contributed by atoms with E-state index < -0.39 is 0 Å². The Labute approximate surface area is 162 Å². The minimum atomic E-state index is -0.321. The first-order valence-electron chi connectivity index (χ1n) is 8.70. The van der Waals surface area contributed by atoms with Gasteiger partial charge in [-0.05, 0) is 16.3 Å². The monoisotopic (exact) mass is 382 g/mol. The number of nitrogens with zero attached hydrogens (tertiary/aromatic N) is 2. The molecule has 0 fully saturated rings. The van der Waals surface area contributed by atoms with Gasteiger partial charge in [-0.1, -0.05) is 74.6 Å². The van der Waals surface area contributed by atoms with Gasteiger partial charge in [0.25, 0.3) is 0 Å². The average Bonchev–Trinajstić information content (AvgIpc) is 3.09. The molecule has 0 aliphatic heterocycles. The SMILES string of the molecule is CC(C)(C)c1nnc(NC(=O)CNC(=O)Cc2cccc3ccccc23)s1. The molecule has 1 heterocycles. The van der Waals surface area contributed by atoms with Crippen LogP contribution in [0.25, 0.3) is 10.8 Å². The van der Waals surface area contributed by atoms with Gasteiger partial charge in [-0.15, -0.1) is 10.2 Å². The number of fused-ring (bicyclic) bond motifs is 1. The molecule has 0 aliphatic carbocycles. The van der Waals surface area contributed by atoms with Crippen LogP contribution in [0.2, 0.25) is 0 Å². The largest absolute Gasteiger partial charge is 0.347 e.